The van der Waals surface area contributed by atoms with Crippen LogP contribution in [-0.4, -0.2) is 29.7 Å². The van der Waals surface area contributed by atoms with Gasteiger partial charge in [-0.15, -0.1) is 0 Å². The quantitative estimate of drug-likeness (QED) is 0.820. The summed E-state index contributed by atoms with van der Waals surface area (Å²) in [5.41, 5.74) is 6.30. The summed E-state index contributed by atoms with van der Waals surface area (Å²) in [6, 6.07) is 3.36. The van der Waals surface area contributed by atoms with Gasteiger partial charge < -0.3 is 15.2 Å². The highest BCUT2D eigenvalue weighted by atomic mass is 16.5. The topological polar surface area (TPSA) is 74.4 Å². The van der Waals surface area contributed by atoms with Crippen molar-refractivity contribution >= 4 is 5.97 Å². The van der Waals surface area contributed by atoms with Crippen molar-refractivity contribution < 1.29 is 14.3 Å². The van der Waals surface area contributed by atoms with Crippen LogP contribution in [-0.2, 0) is 4.74 Å². The Morgan fingerprint density at radius 2 is 2.39 bits per heavy atom. The molecule has 2 N–H and O–H groups in total. The molecular formula is C13H18N2O3. The highest BCUT2D eigenvalue weighted by molar-refractivity contribution is 5.91. The van der Waals surface area contributed by atoms with Crippen LogP contribution in [0.15, 0.2) is 18.3 Å². The second-order valence-electron chi connectivity index (χ2n) is 4.33. The van der Waals surface area contributed by atoms with Crippen LogP contribution < -0.4 is 10.5 Å². The molecule has 5 nitrogen and oxygen atoms in total. The van der Waals surface area contributed by atoms with E-state index in [4.69, 9.17) is 15.2 Å². The monoisotopic (exact) mass is 250 g/mol. The number of hydrogen-bond acceptors (Lipinski definition) is 5. The van der Waals surface area contributed by atoms with Gasteiger partial charge in [0.1, 0.15) is 11.7 Å². The first-order valence-electron chi connectivity index (χ1n) is 6.26. The Balaban J connectivity index is 2.14. The second kappa shape index (κ2) is 5.82. The molecule has 1 aromatic rings. The van der Waals surface area contributed by atoms with E-state index in [-0.39, 0.29) is 12.1 Å². The summed E-state index contributed by atoms with van der Waals surface area (Å²) in [4.78, 5) is 15.8. The van der Waals surface area contributed by atoms with Crippen LogP contribution in [0.3, 0.4) is 0 Å². The van der Waals surface area contributed by atoms with Gasteiger partial charge in [0.2, 0.25) is 5.88 Å². The summed E-state index contributed by atoms with van der Waals surface area (Å²) < 4.78 is 10.7. The number of carbonyl (C=O) groups excluding carboxylic acids is 1. The smallest absolute Gasteiger partial charge is 0.343 e. The van der Waals surface area contributed by atoms with Gasteiger partial charge in [-0.05, 0) is 38.3 Å². The number of carbonyl (C=O) groups is 1. The molecule has 0 aromatic carbocycles. The van der Waals surface area contributed by atoms with Crippen LogP contribution in [0.1, 0.15) is 36.5 Å². The molecule has 0 spiro atoms. The Kier molecular flexibility index (Phi) is 4.15. The van der Waals surface area contributed by atoms with Crippen LogP contribution in [0.2, 0.25) is 0 Å². The van der Waals surface area contributed by atoms with Gasteiger partial charge in [-0.2, -0.15) is 0 Å². The maximum Gasteiger partial charge on any atom is 0.343 e. The standard InChI is InChI=1S/C13H18N2O3/c1-2-17-13(16)9-5-4-8-15-12(9)18-11-7-3-6-10(11)14/h4-5,8,10-11H,2-3,6-7,14H2,1H3. The highest BCUT2D eigenvalue weighted by Gasteiger charge is 2.27. The van der Waals surface area contributed by atoms with Crippen LogP contribution in [0.25, 0.3) is 0 Å². The Morgan fingerprint density at radius 1 is 1.56 bits per heavy atom. The fraction of sp³-hybridized carbons (Fsp3) is 0.538. The lowest BCUT2D eigenvalue weighted by Crippen LogP contribution is -2.34. The average Bonchev–Trinajstić information content (AvgIpc) is 2.76. The zero-order chi connectivity index (χ0) is 13.0. The fourth-order valence-corrected chi connectivity index (χ4v) is 2.09. The molecule has 0 saturated heterocycles. The molecule has 0 amide bonds. The summed E-state index contributed by atoms with van der Waals surface area (Å²) in [6.45, 7) is 2.10. The van der Waals surface area contributed by atoms with E-state index in [0.29, 0.717) is 18.1 Å². The van der Waals surface area contributed by atoms with Crippen molar-refractivity contribution in [1.82, 2.24) is 4.98 Å². The number of nitrogens with zero attached hydrogens (tertiary/aromatic N) is 1. The second-order valence-corrected chi connectivity index (χ2v) is 4.33. The van der Waals surface area contributed by atoms with Crippen molar-refractivity contribution in [1.29, 1.82) is 0 Å². The number of nitrogens with two attached hydrogens (primary N) is 1. The summed E-state index contributed by atoms with van der Waals surface area (Å²) in [5.74, 6) is -0.0922. The Bertz CT molecular complexity index is 422. The van der Waals surface area contributed by atoms with E-state index < -0.39 is 5.97 Å². The van der Waals surface area contributed by atoms with Crippen molar-refractivity contribution in [2.75, 3.05) is 6.61 Å². The molecule has 1 aliphatic carbocycles. The van der Waals surface area contributed by atoms with Crippen LogP contribution in [0, 0.1) is 0 Å². The zero-order valence-electron chi connectivity index (χ0n) is 10.5. The molecule has 0 bridgehead atoms. The van der Waals surface area contributed by atoms with E-state index in [9.17, 15) is 4.79 Å². The molecule has 18 heavy (non-hydrogen) atoms. The van der Waals surface area contributed by atoms with Gasteiger partial charge in [0.15, 0.2) is 0 Å². The Labute approximate surface area is 106 Å². The summed E-state index contributed by atoms with van der Waals surface area (Å²) in [7, 11) is 0. The molecule has 2 atom stereocenters. The normalized spacial score (nSPS) is 22.8. The lowest BCUT2D eigenvalue weighted by Gasteiger charge is -2.18. The minimum Gasteiger partial charge on any atom is -0.472 e. The van der Waals surface area contributed by atoms with Crippen molar-refractivity contribution in [2.24, 2.45) is 5.73 Å². The van der Waals surface area contributed by atoms with Crippen molar-refractivity contribution in [3.63, 3.8) is 0 Å². The lowest BCUT2D eigenvalue weighted by molar-refractivity contribution is 0.0516. The molecule has 1 fully saturated rings. The number of aromatic nitrogens is 1. The largest absolute Gasteiger partial charge is 0.472 e. The van der Waals surface area contributed by atoms with Crippen molar-refractivity contribution in [3.05, 3.63) is 23.9 Å². The number of pyridine rings is 1. The van der Waals surface area contributed by atoms with Crippen LogP contribution in [0.5, 0.6) is 5.88 Å². The van der Waals surface area contributed by atoms with E-state index in [0.717, 1.165) is 19.3 Å². The van der Waals surface area contributed by atoms with Crippen molar-refractivity contribution in [2.45, 2.75) is 38.3 Å². The van der Waals surface area contributed by atoms with E-state index >= 15 is 0 Å². The van der Waals surface area contributed by atoms with Gasteiger partial charge in [-0.1, -0.05) is 0 Å². The third kappa shape index (κ3) is 2.79. The molecule has 2 unspecified atom stereocenters. The van der Waals surface area contributed by atoms with E-state index in [1.807, 2.05) is 0 Å². The van der Waals surface area contributed by atoms with Crippen molar-refractivity contribution in [3.8, 4) is 5.88 Å². The number of esters is 1. The molecule has 1 heterocycles. The summed E-state index contributed by atoms with van der Waals surface area (Å²) in [6.07, 6.45) is 4.44. The molecule has 1 aromatic heterocycles. The third-order valence-corrected chi connectivity index (χ3v) is 3.03. The van der Waals surface area contributed by atoms with Gasteiger partial charge in [0, 0.05) is 12.2 Å². The molecule has 98 valence electrons. The van der Waals surface area contributed by atoms with E-state index in [1.165, 1.54) is 0 Å². The highest BCUT2D eigenvalue weighted by Crippen LogP contribution is 2.24. The first kappa shape index (κ1) is 12.8. The van der Waals surface area contributed by atoms with Gasteiger partial charge in [0.05, 0.1) is 6.61 Å². The average molecular weight is 250 g/mol. The number of rotatable bonds is 4. The first-order valence-corrected chi connectivity index (χ1v) is 6.26. The Hall–Kier alpha value is -1.62. The predicted molar refractivity (Wildman–Crippen MR) is 66.4 cm³/mol. The summed E-state index contributed by atoms with van der Waals surface area (Å²) in [5, 5.41) is 0. The van der Waals surface area contributed by atoms with Gasteiger partial charge in [-0.3, -0.25) is 0 Å². The zero-order valence-corrected chi connectivity index (χ0v) is 10.5. The third-order valence-electron chi connectivity index (χ3n) is 3.03. The number of ether oxygens (including phenoxy) is 2. The molecule has 5 heteroatoms. The van der Waals surface area contributed by atoms with Crippen LogP contribution >= 0.6 is 0 Å². The maximum atomic E-state index is 11.7. The minimum atomic E-state index is -0.410. The minimum absolute atomic E-state index is 0.0158. The van der Waals surface area contributed by atoms with Gasteiger partial charge >= 0.3 is 5.97 Å². The molecule has 1 saturated carbocycles. The van der Waals surface area contributed by atoms with E-state index in [2.05, 4.69) is 4.98 Å². The van der Waals surface area contributed by atoms with Gasteiger partial charge in [-0.25, -0.2) is 9.78 Å². The summed E-state index contributed by atoms with van der Waals surface area (Å²) >= 11 is 0. The molecule has 0 radical (unpaired) electrons. The molecule has 2 rings (SSSR count). The fourth-order valence-electron chi connectivity index (χ4n) is 2.09. The molecule has 1 aliphatic rings. The predicted octanol–water partition coefficient (Wildman–Crippen LogP) is 1.52. The molecule has 0 aliphatic heterocycles. The van der Waals surface area contributed by atoms with E-state index in [1.54, 1.807) is 25.3 Å². The van der Waals surface area contributed by atoms with Gasteiger partial charge in [0.25, 0.3) is 0 Å². The van der Waals surface area contributed by atoms with Crippen LogP contribution in [0.4, 0.5) is 0 Å². The lowest BCUT2D eigenvalue weighted by atomic mass is 10.2. The molecular weight excluding hydrogens is 232 g/mol. The first-order chi connectivity index (χ1) is 8.72. The SMILES string of the molecule is CCOC(=O)c1cccnc1OC1CCCC1N. The maximum absolute atomic E-state index is 11.7. The Morgan fingerprint density at radius 3 is 3.06 bits per heavy atom. The number of hydrogen-bond donors (Lipinski definition) is 1.